The fraction of sp³-hybridized carbons (Fsp3) is 0.385. The van der Waals surface area contributed by atoms with Gasteiger partial charge in [0, 0.05) is 29.6 Å². The van der Waals surface area contributed by atoms with Crippen LogP contribution in [0.25, 0.3) is 0 Å². The Morgan fingerprint density at radius 2 is 2.11 bits per heavy atom. The number of hydrogen-bond donors (Lipinski definition) is 1. The Labute approximate surface area is 114 Å². The van der Waals surface area contributed by atoms with Gasteiger partial charge in [-0.3, -0.25) is 9.59 Å². The van der Waals surface area contributed by atoms with Crippen LogP contribution in [0.4, 0.5) is 4.39 Å². The highest BCUT2D eigenvalue weighted by atomic mass is 35.5. The van der Waals surface area contributed by atoms with Crippen LogP contribution in [0.1, 0.15) is 12.0 Å². The van der Waals surface area contributed by atoms with Gasteiger partial charge >= 0.3 is 5.97 Å². The average Bonchev–Trinajstić information content (AvgIpc) is 2.27. The fourth-order valence-electron chi connectivity index (χ4n) is 2.11. The molecular formula is C13H13ClFNO3. The van der Waals surface area contributed by atoms with E-state index in [1.54, 1.807) is 0 Å². The van der Waals surface area contributed by atoms with Crippen molar-refractivity contribution in [1.29, 1.82) is 0 Å². The second-order valence-electron chi connectivity index (χ2n) is 4.64. The Morgan fingerprint density at radius 3 is 2.68 bits per heavy atom. The molecule has 1 saturated heterocycles. The molecule has 0 radical (unpaired) electrons. The van der Waals surface area contributed by atoms with Gasteiger partial charge in [-0.2, -0.15) is 0 Å². The van der Waals surface area contributed by atoms with Gasteiger partial charge in [-0.15, -0.1) is 0 Å². The van der Waals surface area contributed by atoms with Crippen molar-refractivity contribution in [3.63, 3.8) is 0 Å². The normalized spacial score (nSPS) is 15.2. The first-order chi connectivity index (χ1) is 8.97. The van der Waals surface area contributed by atoms with Crippen molar-refractivity contribution in [2.45, 2.75) is 12.8 Å². The van der Waals surface area contributed by atoms with Gasteiger partial charge in [0.25, 0.3) is 0 Å². The molecule has 1 amide bonds. The summed E-state index contributed by atoms with van der Waals surface area (Å²) < 4.78 is 13.5. The van der Waals surface area contributed by atoms with E-state index < -0.39 is 11.8 Å². The number of amides is 1. The maximum atomic E-state index is 13.5. The lowest BCUT2D eigenvalue weighted by atomic mass is 9.95. The van der Waals surface area contributed by atoms with Crippen LogP contribution in [-0.4, -0.2) is 35.0 Å². The van der Waals surface area contributed by atoms with Crippen LogP contribution in [0.15, 0.2) is 18.2 Å². The van der Waals surface area contributed by atoms with Gasteiger partial charge in [0.1, 0.15) is 5.82 Å². The SMILES string of the molecule is O=C(O)CC1CN(C(=O)Cc2c(F)cccc2Cl)C1. The van der Waals surface area contributed by atoms with Gasteiger partial charge in [0.2, 0.25) is 5.91 Å². The van der Waals surface area contributed by atoms with E-state index in [0.29, 0.717) is 13.1 Å². The monoisotopic (exact) mass is 285 g/mol. The molecule has 0 spiro atoms. The molecule has 0 aromatic heterocycles. The van der Waals surface area contributed by atoms with Crippen molar-refractivity contribution in [3.8, 4) is 0 Å². The summed E-state index contributed by atoms with van der Waals surface area (Å²) in [6, 6.07) is 4.28. The van der Waals surface area contributed by atoms with E-state index in [0.717, 1.165) is 0 Å². The molecule has 1 aromatic carbocycles. The predicted octanol–water partition coefficient (Wildman–Crippen LogP) is 1.95. The summed E-state index contributed by atoms with van der Waals surface area (Å²) in [6.07, 6.45) is -0.0322. The van der Waals surface area contributed by atoms with Crippen LogP contribution < -0.4 is 0 Å². The topological polar surface area (TPSA) is 57.6 Å². The van der Waals surface area contributed by atoms with E-state index >= 15 is 0 Å². The number of likely N-dealkylation sites (tertiary alicyclic amines) is 1. The minimum atomic E-state index is -0.866. The Balaban J connectivity index is 1.91. The van der Waals surface area contributed by atoms with Crippen LogP contribution in [0.2, 0.25) is 5.02 Å². The molecule has 0 saturated carbocycles. The lowest BCUT2D eigenvalue weighted by Crippen LogP contribution is -2.51. The van der Waals surface area contributed by atoms with E-state index in [9.17, 15) is 14.0 Å². The van der Waals surface area contributed by atoms with Gasteiger partial charge in [0.05, 0.1) is 12.8 Å². The Bertz CT molecular complexity index is 494. The highest BCUT2D eigenvalue weighted by molar-refractivity contribution is 6.31. The van der Waals surface area contributed by atoms with Crippen molar-refractivity contribution < 1.29 is 19.1 Å². The number of nitrogens with zero attached hydrogens (tertiary/aromatic N) is 1. The number of halogens is 2. The second-order valence-corrected chi connectivity index (χ2v) is 5.05. The number of benzene rings is 1. The zero-order valence-electron chi connectivity index (χ0n) is 10.1. The Morgan fingerprint density at radius 1 is 1.42 bits per heavy atom. The molecular weight excluding hydrogens is 273 g/mol. The van der Waals surface area contributed by atoms with Crippen LogP contribution >= 0.6 is 11.6 Å². The number of carboxylic acids is 1. The molecule has 0 aliphatic carbocycles. The van der Waals surface area contributed by atoms with E-state index in [2.05, 4.69) is 0 Å². The number of carboxylic acid groups (broad SMARTS) is 1. The minimum absolute atomic E-state index is 0.00228. The van der Waals surface area contributed by atoms with E-state index in [-0.39, 0.29) is 35.3 Å². The molecule has 19 heavy (non-hydrogen) atoms. The van der Waals surface area contributed by atoms with Crippen molar-refractivity contribution in [3.05, 3.63) is 34.6 Å². The Hall–Kier alpha value is -1.62. The van der Waals surface area contributed by atoms with E-state index in [1.807, 2.05) is 0 Å². The van der Waals surface area contributed by atoms with E-state index in [4.69, 9.17) is 16.7 Å². The van der Waals surface area contributed by atoms with Gasteiger partial charge < -0.3 is 10.0 Å². The van der Waals surface area contributed by atoms with Crippen molar-refractivity contribution >= 4 is 23.5 Å². The lowest BCUT2D eigenvalue weighted by molar-refractivity contribution is -0.144. The van der Waals surface area contributed by atoms with Gasteiger partial charge in [-0.05, 0) is 12.1 Å². The van der Waals surface area contributed by atoms with Gasteiger partial charge in [-0.25, -0.2) is 4.39 Å². The highest BCUT2D eigenvalue weighted by Crippen LogP contribution is 2.23. The summed E-state index contributed by atoms with van der Waals surface area (Å²) in [5.41, 5.74) is 0.191. The second kappa shape index (κ2) is 5.57. The molecule has 0 bridgehead atoms. The minimum Gasteiger partial charge on any atom is -0.481 e. The molecule has 1 aliphatic rings. The number of carbonyl (C=O) groups is 2. The van der Waals surface area contributed by atoms with Crippen LogP contribution in [0, 0.1) is 11.7 Å². The first kappa shape index (κ1) is 13.8. The summed E-state index contributed by atoms with van der Waals surface area (Å²) in [7, 11) is 0. The maximum Gasteiger partial charge on any atom is 0.303 e. The third-order valence-corrected chi connectivity index (χ3v) is 3.52. The largest absolute Gasteiger partial charge is 0.481 e. The number of rotatable bonds is 4. The zero-order valence-corrected chi connectivity index (χ0v) is 10.9. The van der Waals surface area contributed by atoms with Crippen LogP contribution in [0.3, 0.4) is 0 Å². The van der Waals surface area contributed by atoms with Crippen LogP contribution in [-0.2, 0) is 16.0 Å². The summed E-state index contributed by atoms with van der Waals surface area (Å²) >= 11 is 5.85. The lowest BCUT2D eigenvalue weighted by Gasteiger charge is -2.38. The molecule has 1 aromatic rings. The number of carbonyl (C=O) groups excluding carboxylic acids is 1. The van der Waals surface area contributed by atoms with Crippen molar-refractivity contribution in [2.75, 3.05) is 13.1 Å². The molecule has 1 aliphatic heterocycles. The third-order valence-electron chi connectivity index (χ3n) is 3.16. The first-order valence-electron chi connectivity index (χ1n) is 5.90. The summed E-state index contributed by atoms with van der Waals surface area (Å²) in [4.78, 5) is 23.9. The highest BCUT2D eigenvalue weighted by Gasteiger charge is 2.32. The summed E-state index contributed by atoms with van der Waals surface area (Å²) in [5.74, 6) is -1.59. The smallest absolute Gasteiger partial charge is 0.303 e. The van der Waals surface area contributed by atoms with E-state index in [1.165, 1.54) is 23.1 Å². The van der Waals surface area contributed by atoms with Gasteiger partial charge in [-0.1, -0.05) is 17.7 Å². The molecule has 102 valence electrons. The first-order valence-corrected chi connectivity index (χ1v) is 6.27. The zero-order chi connectivity index (χ0) is 14.0. The summed E-state index contributed by atoms with van der Waals surface area (Å²) in [5, 5.41) is 8.84. The molecule has 6 heteroatoms. The Kier molecular flexibility index (Phi) is 4.04. The molecule has 1 N–H and O–H groups in total. The van der Waals surface area contributed by atoms with Gasteiger partial charge in [0.15, 0.2) is 0 Å². The predicted molar refractivity (Wildman–Crippen MR) is 67.4 cm³/mol. The molecule has 1 heterocycles. The molecule has 0 atom stereocenters. The van der Waals surface area contributed by atoms with Crippen molar-refractivity contribution in [2.24, 2.45) is 5.92 Å². The molecule has 1 fully saturated rings. The third kappa shape index (κ3) is 3.23. The number of hydrogen-bond acceptors (Lipinski definition) is 2. The van der Waals surface area contributed by atoms with Crippen molar-refractivity contribution in [1.82, 2.24) is 4.90 Å². The summed E-state index contributed by atoms with van der Waals surface area (Å²) in [6.45, 7) is 0.828. The maximum absolute atomic E-state index is 13.5. The molecule has 0 unspecified atom stereocenters. The molecule has 4 nitrogen and oxygen atoms in total. The quantitative estimate of drug-likeness (QED) is 0.920. The number of aliphatic carboxylic acids is 1. The van der Waals surface area contributed by atoms with Crippen LogP contribution in [0.5, 0.6) is 0 Å². The standard InChI is InChI=1S/C13H13ClFNO3/c14-10-2-1-3-11(15)9(10)5-12(17)16-6-8(7-16)4-13(18)19/h1-3,8H,4-7H2,(H,18,19). The fourth-order valence-corrected chi connectivity index (χ4v) is 2.34. The molecule has 2 rings (SSSR count). The average molecular weight is 286 g/mol.